The zero-order valence-electron chi connectivity index (χ0n) is 19.2. The molecule has 1 aromatic carbocycles. The van der Waals surface area contributed by atoms with Gasteiger partial charge in [0.05, 0.1) is 28.7 Å². The van der Waals surface area contributed by atoms with Crippen molar-refractivity contribution in [2.24, 2.45) is 5.92 Å². The van der Waals surface area contributed by atoms with Crippen LogP contribution in [0.5, 0.6) is 0 Å². The summed E-state index contributed by atoms with van der Waals surface area (Å²) in [5.41, 5.74) is 3.01. The fourth-order valence-corrected chi connectivity index (χ4v) is 5.11. The van der Waals surface area contributed by atoms with Gasteiger partial charge in [-0.05, 0) is 63.3 Å². The number of fused-ring (bicyclic) bond motifs is 3. The molecule has 0 radical (unpaired) electrons. The predicted octanol–water partition coefficient (Wildman–Crippen LogP) is 3.03. The first-order valence-electron chi connectivity index (χ1n) is 11.7. The largest absolute Gasteiger partial charge is 0.381 e. The van der Waals surface area contributed by atoms with E-state index in [1.807, 2.05) is 35.6 Å². The Kier molecular flexibility index (Phi) is 7.07. The maximum atomic E-state index is 13.5. The van der Waals surface area contributed by atoms with Gasteiger partial charge in [-0.3, -0.25) is 14.3 Å². The number of amides is 1. The quantitative estimate of drug-likeness (QED) is 0.594. The summed E-state index contributed by atoms with van der Waals surface area (Å²) >= 11 is 0. The van der Waals surface area contributed by atoms with Gasteiger partial charge in [0.2, 0.25) is 0 Å². The molecule has 2 aliphatic rings. The highest BCUT2D eigenvalue weighted by atomic mass is 35.5. The van der Waals surface area contributed by atoms with Gasteiger partial charge in [0.25, 0.3) is 11.5 Å². The van der Waals surface area contributed by atoms with Gasteiger partial charge in [-0.15, -0.1) is 12.4 Å². The van der Waals surface area contributed by atoms with E-state index in [2.05, 4.69) is 15.4 Å². The summed E-state index contributed by atoms with van der Waals surface area (Å²) in [5.74, 6) is 0.586. The van der Waals surface area contributed by atoms with Crippen LogP contribution in [0.3, 0.4) is 0 Å². The van der Waals surface area contributed by atoms with Crippen molar-refractivity contribution in [2.75, 3.05) is 39.4 Å². The summed E-state index contributed by atoms with van der Waals surface area (Å²) < 4.78 is 7.54. The predicted molar refractivity (Wildman–Crippen MR) is 131 cm³/mol. The minimum atomic E-state index is -0.139. The van der Waals surface area contributed by atoms with Crippen LogP contribution in [-0.2, 0) is 4.74 Å². The van der Waals surface area contributed by atoms with Crippen LogP contribution in [0.4, 0.5) is 0 Å². The van der Waals surface area contributed by atoms with Crippen molar-refractivity contribution >= 4 is 40.1 Å². The van der Waals surface area contributed by atoms with E-state index in [1.54, 1.807) is 6.20 Å². The molecule has 8 nitrogen and oxygen atoms in total. The van der Waals surface area contributed by atoms with Crippen molar-refractivity contribution in [1.82, 2.24) is 25.0 Å². The molecule has 2 saturated heterocycles. The van der Waals surface area contributed by atoms with E-state index >= 15 is 0 Å². The van der Waals surface area contributed by atoms with Gasteiger partial charge >= 0.3 is 0 Å². The lowest BCUT2D eigenvalue weighted by Crippen LogP contribution is -2.39. The minimum Gasteiger partial charge on any atom is -0.381 e. The molecule has 9 heteroatoms. The summed E-state index contributed by atoms with van der Waals surface area (Å²) in [4.78, 5) is 31.1. The highest BCUT2D eigenvalue weighted by molar-refractivity contribution is 6.07. The zero-order valence-corrected chi connectivity index (χ0v) is 20.0. The Bertz CT molecular complexity index is 1210. The van der Waals surface area contributed by atoms with Crippen molar-refractivity contribution < 1.29 is 9.53 Å². The van der Waals surface area contributed by atoms with E-state index in [-0.39, 0.29) is 29.9 Å². The number of halogens is 1. The molecule has 1 atom stereocenters. The molecule has 178 valence electrons. The molecule has 0 saturated carbocycles. The van der Waals surface area contributed by atoms with Crippen molar-refractivity contribution in [1.29, 1.82) is 0 Å². The van der Waals surface area contributed by atoms with E-state index in [1.165, 1.54) is 0 Å². The number of aryl methyl sites for hydroxylation is 1. The third-order valence-corrected chi connectivity index (χ3v) is 6.98. The van der Waals surface area contributed by atoms with Crippen molar-refractivity contribution in [3.05, 3.63) is 39.8 Å². The fraction of sp³-hybridized carbons (Fsp3) is 0.542. The smallest absolute Gasteiger partial charge is 0.259 e. The number of hydrogen-bond acceptors (Lipinski definition) is 5. The Morgan fingerprint density at radius 2 is 2.00 bits per heavy atom. The third kappa shape index (κ3) is 4.39. The monoisotopic (exact) mass is 473 g/mol. The Labute approximate surface area is 199 Å². The summed E-state index contributed by atoms with van der Waals surface area (Å²) in [5, 5.41) is 9.38. The van der Waals surface area contributed by atoms with Crippen LogP contribution in [0.2, 0.25) is 0 Å². The number of nitrogens with zero attached hydrogens (tertiary/aromatic N) is 3. The number of pyridine rings is 1. The lowest BCUT2D eigenvalue weighted by Gasteiger charge is -2.32. The van der Waals surface area contributed by atoms with Gasteiger partial charge in [-0.1, -0.05) is 0 Å². The topological polar surface area (TPSA) is 92.2 Å². The molecule has 2 fully saturated rings. The number of aromatic amines is 1. The summed E-state index contributed by atoms with van der Waals surface area (Å²) in [6.07, 6.45) is 4.56. The maximum absolute atomic E-state index is 13.5. The number of piperidine rings is 1. The molecule has 3 aromatic rings. The van der Waals surface area contributed by atoms with Crippen LogP contribution in [0.15, 0.2) is 23.1 Å². The van der Waals surface area contributed by atoms with Gasteiger partial charge in [-0.25, -0.2) is 0 Å². The van der Waals surface area contributed by atoms with Crippen LogP contribution >= 0.6 is 12.4 Å². The van der Waals surface area contributed by atoms with E-state index in [0.717, 1.165) is 80.6 Å². The summed E-state index contributed by atoms with van der Waals surface area (Å²) in [7, 11) is 0. The Balaban J connectivity index is 0.00000259. The second-order valence-electron chi connectivity index (χ2n) is 9.06. The molecular formula is C24H32ClN5O3. The van der Waals surface area contributed by atoms with Gasteiger partial charge in [0.15, 0.2) is 0 Å². The lowest BCUT2D eigenvalue weighted by molar-refractivity contribution is 0.0551. The first-order valence-corrected chi connectivity index (χ1v) is 11.7. The molecular weight excluding hydrogens is 442 g/mol. The maximum Gasteiger partial charge on any atom is 0.259 e. The van der Waals surface area contributed by atoms with Crippen molar-refractivity contribution in [3.63, 3.8) is 0 Å². The van der Waals surface area contributed by atoms with Crippen molar-refractivity contribution in [2.45, 2.75) is 39.2 Å². The SMILES string of the molecule is CCOCC1CCN(C(=O)c2cc3c(cc2C)[nH]c(=O)c2cnn(C4CCNC4)c23)CC1.Cl. The molecule has 1 unspecified atom stereocenters. The van der Waals surface area contributed by atoms with Crippen LogP contribution < -0.4 is 10.9 Å². The highest BCUT2D eigenvalue weighted by Gasteiger charge is 2.26. The molecule has 2 aromatic heterocycles. The molecule has 0 aliphatic carbocycles. The van der Waals surface area contributed by atoms with Crippen molar-refractivity contribution in [3.8, 4) is 0 Å². The second kappa shape index (κ2) is 9.83. The number of likely N-dealkylation sites (tertiary alicyclic amines) is 1. The van der Waals surface area contributed by atoms with Gasteiger partial charge in [-0.2, -0.15) is 5.10 Å². The average Bonchev–Trinajstić information content (AvgIpc) is 3.47. The number of H-pyrrole nitrogens is 1. The number of ether oxygens (including phenoxy) is 1. The van der Waals surface area contributed by atoms with E-state index in [4.69, 9.17) is 4.74 Å². The number of nitrogens with one attached hydrogen (secondary N) is 2. The number of hydrogen-bond donors (Lipinski definition) is 2. The Morgan fingerprint density at radius 3 is 2.70 bits per heavy atom. The molecule has 2 aliphatic heterocycles. The zero-order chi connectivity index (χ0) is 22.2. The summed E-state index contributed by atoms with van der Waals surface area (Å²) in [6.45, 7) is 8.74. The Morgan fingerprint density at radius 1 is 1.21 bits per heavy atom. The molecule has 2 N–H and O–H groups in total. The number of rotatable bonds is 5. The summed E-state index contributed by atoms with van der Waals surface area (Å²) in [6, 6.07) is 4.09. The first kappa shape index (κ1) is 23.7. The number of carbonyl (C=O) groups is 1. The van der Waals surface area contributed by atoms with Gasteiger partial charge < -0.3 is 19.9 Å². The van der Waals surface area contributed by atoms with Gasteiger partial charge in [0, 0.05) is 43.8 Å². The standard InChI is InChI=1S/C24H31N5O3.ClH/c1-3-32-14-16-5-8-28(9-6-16)24(31)18-11-19-21(10-15(18)2)27-23(30)20-13-26-29(22(19)20)17-4-7-25-12-17;/h10-11,13,16-17,25H,3-9,12,14H2,1-2H3,(H,27,30);1H. The van der Waals surface area contributed by atoms with Crippen LogP contribution in [0.1, 0.15) is 48.1 Å². The Hall–Kier alpha value is -2.42. The fourth-order valence-electron chi connectivity index (χ4n) is 5.11. The van der Waals surface area contributed by atoms with E-state index in [0.29, 0.717) is 16.9 Å². The molecule has 0 spiro atoms. The van der Waals surface area contributed by atoms with E-state index < -0.39 is 0 Å². The minimum absolute atomic E-state index is 0. The van der Waals surface area contributed by atoms with E-state index in [9.17, 15) is 9.59 Å². The normalized spacial score (nSPS) is 19.3. The van der Waals surface area contributed by atoms with Crippen LogP contribution in [0.25, 0.3) is 21.8 Å². The number of benzene rings is 1. The first-order chi connectivity index (χ1) is 15.6. The number of aromatic nitrogens is 3. The van der Waals surface area contributed by atoms with Crippen LogP contribution in [-0.4, -0.2) is 65.0 Å². The molecule has 0 bridgehead atoms. The van der Waals surface area contributed by atoms with Crippen LogP contribution in [0, 0.1) is 12.8 Å². The number of carbonyl (C=O) groups excluding carboxylic acids is 1. The molecule has 1 amide bonds. The molecule has 5 rings (SSSR count). The lowest BCUT2D eigenvalue weighted by atomic mass is 9.96. The van der Waals surface area contributed by atoms with Gasteiger partial charge in [0.1, 0.15) is 0 Å². The molecule has 4 heterocycles. The molecule has 33 heavy (non-hydrogen) atoms. The second-order valence-corrected chi connectivity index (χ2v) is 9.06. The highest BCUT2D eigenvalue weighted by Crippen LogP contribution is 2.29. The third-order valence-electron chi connectivity index (χ3n) is 6.98. The average molecular weight is 474 g/mol.